The molecular weight excluding hydrogens is 566 g/mol. The molecule has 11 nitrogen and oxygen atoms in total. The molecule has 4 aromatic rings. The van der Waals surface area contributed by atoms with Crippen LogP contribution in [0.25, 0.3) is 21.2 Å². The van der Waals surface area contributed by atoms with Gasteiger partial charge in [0.1, 0.15) is 17.8 Å². The maximum Gasteiger partial charge on any atom is 0.332 e. The van der Waals surface area contributed by atoms with Crippen molar-refractivity contribution in [3.8, 4) is 12.3 Å². The van der Waals surface area contributed by atoms with Gasteiger partial charge in [-0.15, -0.1) is 6.42 Å². The van der Waals surface area contributed by atoms with Crippen molar-refractivity contribution < 1.29 is 18.8 Å². The number of carbonyl (C=O) groups is 3. The van der Waals surface area contributed by atoms with E-state index in [0.29, 0.717) is 18.1 Å². The molecule has 6 rings (SSSR count). The predicted molar refractivity (Wildman–Crippen MR) is 164 cm³/mol. The van der Waals surface area contributed by atoms with Gasteiger partial charge < -0.3 is 25.3 Å². The number of hydrazine groups is 1. The number of thiazole rings is 1. The fourth-order valence-corrected chi connectivity index (χ4v) is 6.72. The molecule has 12 heteroatoms. The molecule has 3 N–H and O–H groups in total. The predicted octanol–water partition coefficient (Wildman–Crippen LogP) is 3.41. The second-order valence-electron chi connectivity index (χ2n) is 10.8. The van der Waals surface area contributed by atoms with Crippen LogP contribution in [-0.4, -0.2) is 81.0 Å². The van der Waals surface area contributed by atoms with Crippen LogP contribution in [0, 0.1) is 12.3 Å². The van der Waals surface area contributed by atoms with Crippen molar-refractivity contribution in [3.63, 3.8) is 0 Å². The molecule has 0 radical (unpaired) electrons. The van der Waals surface area contributed by atoms with E-state index in [4.69, 9.17) is 16.6 Å². The molecule has 4 heterocycles. The fraction of sp³-hybridized carbons (Fsp3) is 0.355. The number of hydrogen-bond donors (Lipinski definition) is 2. The highest BCUT2D eigenvalue weighted by Gasteiger charge is 2.52. The molecule has 2 aliphatic rings. The number of rotatable bonds is 9. The lowest BCUT2D eigenvalue weighted by Gasteiger charge is -2.46. The van der Waals surface area contributed by atoms with Gasteiger partial charge in [0.2, 0.25) is 11.8 Å². The number of piperazine rings is 1. The van der Waals surface area contributed by atoms with Gasteiger partial charge in [-0.2, -0.15) is 5.01 Å². The molecule has 4 amide bonds. The van der Waals surface area contributed by atoms with Crippen LogP contribution in [0.15, 0.2) is 53.1 Å². The van der Waals surface area contributed by atoms with E-state index >= 15 is 0 Å². The summed E-state index contributed by atoms with van der Waals surface area (Å²) < 4.78 is 6.43. The third-order valence-electron chi connectivity index (χ3n) is 7.98. The number of furan rings is 1. The SMILES string of the molecule is C#CCN(C(=O)NCCCC)N1CC(=O)N2[C@@H](Cc3ccc4occc4c3)C(=O)N(Cc3cccc4sc(N)nc34)C[C@@H]21. The molecule has 2 aliphatic heterocycles. The lowest BCUT2D eigenvalue weighted by molar-refractivity contribution is -0.157. The van der Waals surface area contributed by atoms with Gasteiger partial charge in [0.05, 0.1) is 36.1 Å². The molecule has 43 heavy (non-hydrogen) atoms. The maximum atomic E-state index is 14.2. The Bertz CT molecular complexity index is 1730. The van der Waals surface area contributed by atoms with Gasteiger partial charge >= 0.3 is 6.03 Å². The number of terminal acetylenes is 1. The fourth-order valence-electron chi connectivity index (χ4n) is 5.94. The van der Waals surface area contributed by atoms with Crippen molar-refractivity contribution >= 4 is 55.5 Å². The molecule has 2 fully saturated rings. The smallest absolute Gasteiger partial charge is 0.332 e. The number of amides is 4. The number of nitrogen functional groups attached to an aromatic ring is 1. The summed E-state index contributed by atoms with van der Waals surface area (Å²) in [5.41, 5.74) is 9.26. The lowest BCUT2D eigenvalue weighted by Crippen LogP contribution is -2.66. The third kappa shape index (κ3) is 5.49. The maximum absolute atomic E-state index is 14.2. The zero-order valence-corrected chi connectivity index (χ0v) is 24.7. The Kier molecular flexibility index (Phi) is 7.92. The topological polar surface area (TPSA) is 128 Å². The van der Waals surface area contributed by atoms with Crippen molar-refractivity contribution in [1.29, 1.82) is 0 Å². The first-order valence-electron chi connectivity index (χ1n) is 14.3. The quantitative estimate of drug-likeness (QED) is 0.223. The highest BCUT2D eigenvalue weighted by molar-refractivity contribution is 7.22. The second-order valence-corrected chi connectivity index (χ2v) is 11.8. The van der Waals surface area contributed by atoms with E-state index in [1.807, 2.05) is 49.4 Å². The van der Waals surface area contributed by atoms with E-state index < -0.39 is 12.2 Å². The molecule has 222 valence electrons. The number of fused-ring (bicyclic) bond motifs is 3. The Morgan fingerprint density at radius 3 is 2.95 bits per heavy atom. The number of nitrogens with zero attached hydrogens (tertiary/aromatic N) is 5. The minimum atomic E-state index is -0.781. The van der Waals surface area contributed by atoms with Crippen LogP contribution in [-0.2, 0) is 22.6 Å². The van der Waals surface area contributed by atoms with E-state index in [-0.39, 0.29) is 44.0 Å². The van der Waals surface area contributed by atoms with Crippen molar-refractivity contribution in [1.82, 2.24) is 30.1 Å². The number of urea groups is 1. The third-order valence-corrected chi connectivity index (χ3v) is 8.83. The standard InChI is InChI=1S/C31H33N7O4S/c1-3-5-12-33-31(41)36(13-4-2)37-19-27(39)38-23(16-20-9-10-24-21(15-20)11-14-42-24)29(40)35(18-26(37)38)17-22-7-6-8-25-28(22)34-30(32)43-25/h2,6-11,14-15,23,26H,3,5,12-13,16-19H2,1H3,(H2,32,34)(H,33,41)/t23-,26+/m0/s1. The minimum Gasteiger partial charge on any atom is -0.464 e. The molecule has 2 atom stereocenters. The average Bonchev–Trinajstić information content (AvgIpc) is 3.70. The van der Waals surface area contributed by atoms with Gasteiger partial charge in [-0.1, -0.05) is 48.8 Å². The number of hydrogen-bond acceptors (Lipinski definition) is 8. The van der Waals surface area contributed by atoms with Crippen molar-refractivity contribution in [2.75, 3.05) is 31.9 Å². The summed E-state index contributed by atoms with van der Waals surface area (Å²) in [7, 11) is 0. The van der Waals surface area contributed by atoms with Crippen LogP contribution in [0.4, 0.5) is 9.93 Å². The van der Waals surface area contributed by atoms with Gasteiger partial charge in [0.15, 0.2) is 5.13 Å². The minimum absolute atomic E-state index is 0.0112. The first kappa shape index (κ1) is 28.5. The van der Waals surface area contributed by atoms with E-state index in [1.54, 1.807) is 21.1 Å². The Labute approximate surface area is 253 Å². The number of carbonyl (C=O) groups excluding carboxylic acids is 3. The van der Waals surface area contributed by atoms with Crippen LogP contribution in [0.3, 0.4) is 0 Å². The summed E-state index contributed by atoms with van der Waals surface area (Å²) in [6, 6.07) is 12.3. The van der Waals surface area contributed by atoms with Crippen molar-refractivity contribution in [3.05, 3.63) is 59.9 Å². The average molecular weight is 600 g/mol. The number of anilines is 1. The van der Waals surface area contributed by atoms with Crippen LogP contribution >= 0.6 is 11.3 Å². The normalized spacial score (nSPS) is 18.8. The number of benzene rings is 2. The molecule has 2 saturated heterocycles. The number of para-hydroxylation sites is 1. The monoisotopic (exact) mass is 599 g/mol. The van der Waals surface area contributed by atoms with Gasteiger partial charge in [0, 0.05) is 24.9 Å². The van der Waals surface area contributed by atoms with Crippen molar-refractivity contribution in [2.45, 2.75) is 44.9 Å². The summed E-state index contributed by atoms with van der Waals surface area (Å²) in [6.07, 6.45) is 8.77. The highest BCUT2D eigenvalue weighted by Crippen LogP contribution is 2.32. The molecule has 0 bridgehead atoms. The molecule has 2 aromatic carbocycles. The van der Waals surface area contributed by atoms with Gasteiger partial charge in [0.25, 0.3) is 0 Å². The lowest BCUT2D eigenvalue weighted by atomic mass is 9.99. The van der Waals surface area contributed by atoms with Crippen LogP contribution < -0.4 is 11.1 Å². The van der Waals surface area contributed by atoms with E-state index in [0.717, 1.165) is 45.2 Å². The molecular formula is C31H33N7O4S. The van der Waals surface area contributed by atoms with Crippen LogP contribution in [0.1, 0.15) is 30.9 Å². The summed E-state index contributed by atoms with van der Waals surface area (Å²) in [5, 5.41) is 7.41. The van der Waals surface area contributed by atoms with E-state index in [2.05, 4.69) is 16.2 Å². The Morgan fingerprint density at radius 1 is 1.28 bits per heavy atom. The summed E-state index contributed by atoms with van der Waals surface area (Å²) in [6.45, 7) is 2.94. The zero-order chi connectivity index (χ0) is 30.1. The van der Waals surface area contributed by atoms with Crippen LogP contribution in [0.5, 0.6) is 0 Å². The molecule has 0 unspecified atom stereocenters. The number of nitrogens with two attached hydrogens (primary N) is 1. The Morgan fingerprint density at radius 2 is 2.14 bits per heavy atom. The number of nitrogens with one attached hydrogen (secondary N) is 1. The molecule has 0 spiro atoms. The summed E-state index contributed by atoms with van der Waals surface area (Å²) >= 11 is 1.39. The van der Waals surface area contributed by atoms with Crippen molar-refractivity contribution in [2.24, 2.45) is 0 Å². The number of aromatic nitrogens is 1. The second kappa shape index (κ2) is 11.9. The first-order chi connectivity index (χ1) is 20.9. The molecule has 2 aromatic heterocycles. The van der Waals surface area contributed by atoms with Gasteiger partial charge in [-0.05, 0) is 41.8 Å². The highest BCUT2D eigenvalue weighted by atomic mass is 32.1. The van der Waals surface area contributed by atoms with E-state index in [1.165, 1.54) is 16.3 Å². The summed E-state index contributed by atoms with van der Waals surface area (Å²) in [4.78, 5) is 49.0. The van der Waals surface area contributed by atoms with Gasteiger partial charge in [-0.25, -0.2) is 14.8 Å². The molecule has 0 saturated carbocycles. The first-order valence-corrected chi connectivity index (χ1v) is 15.1. The Hall–Kier alpha value is -4.60. The number of unbranched alkanes of at least 4 members (excludes halogenated alkanes) is 1. The molecule has 0 aliphatic carbocycles. The van der Waals surface area contributed by atoms with E-state index in [9.17, 15) is 14.4 Å². The summed E-state index contributed by atoms with van der Waals surface area (Å²) in [5.74, 6) is 2.16. The van der Waals surface area contributed by atoms with Crippen LogP contribution in [0.2, 0.25) is 0 Å². The van der Waals surface area contributed by atoms with Gasteiger partial charge in [-0.3, -0.25) is 9.59 Å². The Balaban J connectivity index is 1.35. The largest absolute Gasteiger partial charge is 0.464 e. The zero-order valence-electron chi connectivity index (χ0n) is 23.9.